The number of nitrogens with two attached hydrogens (primary N) is 2. The van der Waals surface area contributed by atoms with E-state index in [0.717, 1.165) is 12.8 Å². The van der Waals surface area contributed by atoms with Crippen LogP contribution >= 0.6 is 0 Å². The lowest BCUT2D eigenvalue weighted by Gasteiger charge is -2.42. The van der Waals surface area contributed by atoms with Crippen molar-refractivity contribution in [3.05, 3.63) is 0 Å². The lowest BCUT2D eigenvalue weighted by atomic mass is 9.76. The van der Waals surface area contributed by atoms with Gasteiger partial charge in [0.2, 0.25) is 0 Å². The van der Waals surface area contributed by atoms with Gasteiger partial charge in [0.25, 0.3) is 0 Å². The Bertz CT molecular complexity index is 522. The zero-order valence-electron chi connectivity index (χ0n) is 23.0. The molecule has 0 saturated carbocycles. The van der Waals surface area contributed by atoms with E-state index in [-0.39, 0.29) is 30.3 Å². The van der Waals surface area contributed by atoms with Gasteiger partial charge in [0, 0.05) is 31.1 Å². The molecule has 0 aliphatic heterocycles. The van der Waals surface area contributed by atoms with Gasteiger partial charge >= 0.3 is 0 Å². The van der Waals surface area contributed by atoms with Crippen LogP contribution in [-0.4, -0.2) is 82.3 Å². The Morgan fingerprint density at radius 2 is 1.41 bits per heavy atom. The van der Waals surface area contributed by atoms with Crippen LogP contribution in [0.2, 0.25) is 0 Å². The first kappa shape index (κ1) is 33.7. The van der Waals surface area contributed by atoms with Crippen LogP contribution in [0.4, 0.5) is 0 Å². The summed E-state index contributed by atoms with van der Waals surface area (Å²) >= 11 is 0. The van der Waals surface area contributed by atoms with Gasteiger partial charge in [0.05, 0.1) is 42.7 Å². The van der Waals surface area contributed by atoms with Crippen molar-refractivity contribution in [1.82, 2.24) is 0 Å². The Kier molecular flexibility index (Phi) is 16.3. The lowest BCUT2D eigenvalue weighted by molar-refractivity contribution is -0.143. The molecule has 8 heteroatoms. The molecule has 10 atom stereocenters. The molecule has 0 aromatic carbocycles. The zero-order valence-corrected chi connectivity index (χ0v) is 23.0. The average molecular weight is 493 g/mol. The van der Waals surface area contributed by atoms with E-state index in [1.165, 1.54) is 0 Å². The highest BCUT2D eigenvalue weighted by Crippen LogP contribution is 2.31. The third-order valence-corrected chi connectivity index (χ3v) is 8.00. The van der Waals surface area contributed by atoms with E-state index in [1.807, 2.05) is 41.5 Å². The molecular weight excluding hydrogens is 436 g/mol. The van der Waals surface area contributed by atoms with Crippen molar-refractivity contribution < 1.29 is 29.9 Å². The number of unbranched alkanes of at least 4 members (excludes halogenated alkanes) is 1. The Morgan fingerprint density at radius 1 is 0.853 bits per heavy atom. The number of rotatable bonds is 19. The van der Waals surface area contributed by atoms with E-state index in [2.05, 4.69) is 6.92 Å². The van der Waals surface area contributed by atoms with Crippen LogP contribution in [0.5, 0.6) is 0 Å². The van der Waals surface area contributed by atoms with Gasteiger partial charge in [-0.15, -0.1) is 0 Å². The average Bonchev–Trinajstić information content (AvgIpc) is 2.85. The molecule has 8 nitrogen and oxygen atoms in total. The standard InChI is InChI=1S/C26H56N2O6/c1-9-12-13-33-15-17(5)25(24(31)21(27)19(7)26(32,10-2)11-3)34-20(8)22(28)23(30)18(6)16(4)14-29/h16-25,29-32H,9-15,27-28H2,1-8H3. The molecule has 0 radical (unpaired) electrons. The van der Waals surface area contributed by atoms with Crippen LogP contribution in [0.15, 0.2) is 0 Å². The van der Waals surface area contributed by atoms with Crippen molar-refractivity contribution >= 4 is 0 Å². The smallest absolute Gasteiger partial charge is 0.0959 e. The minimum absolute atomic E-state index is 0.0435. The molecule has 0 bridgehead atoms. The summed E-state index contributed by atoms with van der Waals surface area (Å²) in [6.45, 7) is 16.2. The molecule has 0 aliphatic carbocycles. The minimum Gasteiger partial charge on any atom is -0.396 e. The highest BCUT2D eigenvalue weighted by molar-refractivity contribution is 4.95. The van der Waals surface area contributed by atoms with E-state index in [0.29, 0.717) is 26.1 Å². The van der Waals surface area contributed by atoms with E-state index < -0.39 is 42.1 Å². The van der Waals surface area contributed by atoms with Gasteiger partial charge in [-0.3, -0.25) is 0 Å². The molecule has 0 fully saturated rings. The SMILES string of the molecule is CCCCOCC(C)C(OC(C)C(N)C(O)C(C)C(C)CO)C(O)C(N)C(C)C(O)(CC)CC. The highest BCUT2D eigenvalue weighted by Gasteiger charge is 2.42. The summed E-state index contributed by atoms with van der Waals surface area (Å²) in [5, 5.41) is 42.5. The first-order valence-electron chi connectivity index (χ1n) is 13.3. The fourth-order valence-electron chi connectivity index (χ4n) is 4.40. The molecule has 0 aromatic rings. The van der Waals surface area contributed by atoms with Crippen LogP contribution in [0, 0.1) is 23.7 Å². The van der Waals surface area contributed by atoms with Crippen molar-refractivity contribution in [2.24, 2.45) is 35.1 Å². The Morgan fingerprint density at radius 3 is 1.88 bits per heavy atom. The van der Waals surface area contributed by atoms with Crippen molar-refractivity contribution in [2.75, 3.05) is 19.8 Å². The highest BCUT2D eigenvalue weighted by atomic mass is 16.5. The van der Waals surface area contributed by atoms with E-state index in [9.17, 15) is 20.4 Å². The number of hydrogen-bond donors (Lipinski definition) is 6. The summed E-state index contributed by atoms with van der Waals surface area (Å²) in [4.78, 5) is 0. The molecule has 206 valence electrons. The molecule has 0 aromatic heterocycles. The van der Waals surface area contributed by atoms with Crippen LogP contribution in [0.25, 0.3) is 0 Å². The zero-order chi connectivity index (χ0) is 26.6. The Hall–Kier alpha value is -0.320. The normalized spacial score (nSPS) is 21.7. The second kappa shape index (κ2) is 16.4. The molecule has 0 heterocycles. The van der Waals surface area contributed by atoms with E-state index >= 15 is 0 Å². The number of aliphatic hydroxyl groups excluding tert-OH is 3. The topological polar surface area (TPSA) is 151 Å². The molecule has 0 saturated heterocycles. The molecule has 0 spiro atoms. The fourth-order valence-corrected chi connectivity index (χ4v) is 4.40. The monoisotopic (exact) mass is 492 g/mol. The van der Waals surface area contributed by atoms with Gasteiger partial charge in [-0.25, -0.2) is 0 Å². The van der Waals surface area contributed by atoms with Gasteiger partial charge < -0.3 is 41.4 Å². The molecule has 8 N–H and O–H groups in total. The van der Waals surface area contributed by atoms with E-state index in [4.69, 9.17) is 20.9 Å². The van der Waals surface area contributed by atoms with E-state index in [1.54, 1.807) is 6.92 Å². The predicted octanol–water partition coefficient (Wildman–Crippen LogP) is 2.04. The van der Waals surface area contributed by atoms with Crippen LogP contribution in [0.1, 0.15) is 81.1 Å². The first-order valence-corrected chi connectivity index (χ1v) is 13.3. The van der Waals surface area contributed by atoms with Crippen molar-refractivity contribution in [2.45, 2.75) is 123 Å². The summed E-state index contributed by atoms with van der Waals surface area (Å²) in [6.07, 6.45) is -0.197. The second-order valence-corrected chi connectivity index (χ2v) is 10.5. The molecule has 0 rings (SSSR count). The molecule has 0 amide bonds. The second-order valence-electron chi connectivity index (χ2n) is 10.5. The maximum Gasteiger partial charge on any atom is 0.0959 e. The van der Waals surface area contributed by atoms with Crippen molar-refractivity contribution in [1.29, 1.82) is 0 Å². The number of hydrogen-bond acceptors (Lipinski definition) is 8. The summed E-state index contributed by atoms with van der Waals surface area (Å²) in [7, 11) is 0. The summed E-state index contributed by atoms with van der Waals surface area (Å²) in [5.41, 5.74) is 11.9. The van der Waals surface area contributed by atoms with Crippen molar-refractivity contribution in [3.63, 3.8) is 0 Å². The lowest BCUT2D eigenvalue weighted by Crippen LogP contribution is -2.58. The van der Waals surface area contributed by atoms with Gasteiger partial charge in [-0.05, 0) is 38.0 Å². The third kappa shape index (κ3) is 9.62. The van der Waals surface area contributed by atoms with Crippen LogP contribution in [-0.2, 0) is 9.47 Å². The predicted molar refractivity (Wildman–Crippen MR) is 137 cm³/mol. The molecule has 34 heavy (non-hydrogen) atoms. The quantitative estimate of drug-likeness (QED) is 0.150. The Balaban J connectivity index is 5.64. The van der Waals surface area contributed by atoms with Crippen LogP contribution in [0.3, 0.4) is 0 Å². The number of ether oxygens (including phenoxy) is 2. The summed E-state index contributed by atoms with van der Waals surface area (Å²) in [6, 6.07) is -1.45. The van der Waals surface area contributed by atoms with Gasteiger partial charge in [-0.1, -0.05) is 54.9 Å². The first-order chi connectivity index (χ1) is 15.8. The fraction of sp³-hybridized carbons (Fsp3) is 1.00. The summed E-state index contributed by atoms with van der Waals surface area (Å²) < 4.78 is 12.1. The number of aliphatic hydroxyl groups is 4. The maximum atomic E-state index is 11.3. The van der Waals surface area contributed by atoms with Crippen molar-refractivity contribution in [3.8, 4) is 0 Å². The summed E-state index contributed by atoms with van der Waals surface area (Å²) in [5.74, 6) is -0.898. The maximum absolute atomic E-state index is 11.3. The third-order valence-electron chi connectivity index (χ3n) is 8.00. The molecular formula is C26H56N2O6. The van der Waals surface area contributed by atoms with Gasteiger partial charge in [0.1, 0.15) is 0 Å². The minimum atomic E-state index is -1.06. The van der Waals surface area contributed by atoms with Gasteiger partial charge in [0.15, 0.2) is 0 Å². The van der Waals surface area contributed by atoms with Crippen LogP contribution < -0.4 is 11.5 Å². The van der Waals surface area contributed by atoms with Gasteiger partial charge in [-0.2, -0.15) is 0 Å². The molecule has 0 aliphatic rings. The Labute approximate surface area is 208 Å². The largest absolute Gasteiger partial charge is 0.396 e. The molecule has 10 unspecified atom stereocenters.